The van der Waals surface area contributed by atoms with E-state index in [-0.39, 0.29) is 4.60 Å². The van der Waals surface area contributed by atoms with Gasteiger partial charge in [0, 0.05) is 0 Å². The summed E-state index contributed by atoms with van der Waals surface area (Å²) in [4.78, 5) is 3.29. The van der Waals surface area contributed by atoms with Crippen LogP contribution in [0, 0.1) is 0 Å². The predicted octanol–water partition coefficient (Wildman–Crippen LogP) is 4.56. The minimum Gasteiger partial charge on any atom is -0.233 e. The van der Waals surface area contributed by atoms with Crippen molar-refractivity contribution in [3.63, 3.8) is 0 Å². The van der Waals surface area contributed by atoms with Gasteiger partial charge < -0.3 is 0 Å². The number of hydrogen-bond donors (Lipinski definition) is 0. The molecule has 1 aromatic heterocycles. The molecular formula is C7H2Br2F5N. The number of halogens is 7. The smallest absolute Gasteiger partial charge is 0.233 e. The minimum atomic E-state index is -4.71. The van der Waals surface area contributed by atoms with E-state index in [0.29, 0.717) is 6.07 Å². The Morgan fingerprint density at radius 3 is 2.07 bits per heavy atom. The molecule has 1 nitrogen and oxygen atoms in total. The molecule has 1 aromatic rings. The zero-order valence-corrected chi connectivity index (χ0v) is 9.92. The lowest BCUT2D eigenvalue weighted by Gasteiger charge is -2.11. The Labute approximate surface area is 97.9 Å². The van der Waals surface area contributed by atoms with E-state index in [0.717, 1.165) is 0 Å². The summed E-state index contributed by atoms with van der Waals surface area (Å²) in [5, 5.41) is 0. The Bertz CT molecular complexity index is 376. The number of pyridine rings is 1. The highest BCUT2D eigenvalue weighted by atomic mass is 79.9. The summed E-state index contributed by atoms with van der Waals surface area (Å²) in [6, 6.07) is 0.367. The van der Waals surface area contributed by atoms with Crippen molar-refractivity contribution in [1.29, 1.82) is 0 Å². The van der Waals surface area contributed by atoms with Gasteiger partial charge in [-0.15, -0.1) is 0 Å². The van der Waals surface area contributed by atoms with E-state index in [2.05, 4.69) is 36.8 Å². The van der Waals surface area contributed by atoms with Gasteiger partial charge in [-0.25, -0.2) is 13.8 Å². The summed E-state index contributed by atoms with van der Waals surface area (Å²) < 4.78 is 60.6. The molecule has 0 unspecified atom stereocenters. The number of rotatable bonds is 1. The average Bonchev–Trinajstić information content (AvgIpc) is 2.00. The van der Waals surface area contributed by atoms with Crippen LogP contribution in [0.4, 0.5) is 22.0 Å². The van der Waals surface area contributed by atoms with Crippen LogP contribution in [0.5, 0.6) is 0 Å². The molecule has 15 heavy (non-hydrogen) atoms. The van der Waals surface area contributed by atoms with E-state index < -0.39 is 28.3 Å². The van der Waals surface area contributed by atoms with E-state index in [1.54, 1.807) is 0 Å². The predicted molar refractivity (Wildman–Crippen MR) is 49.6 cm³/mol. The van der Waals surface area contributed by atoms with E-state index in [9.17, 15) is 22.0 Å². The van der Waals surface area contributed by atoms with Crippen LogP contribution in [0.3, 0.4) is 0 Å². The first-order valence-corrected chi connectivity index (χ1v) is 5.03. The third kappa shape index (κ3) is 2.87. The van der Waals surface area contributed by atoms with Gasteiger partial charge in [-0.05, 0) is 37.9 Å². The number of hydrogen-bond acceptors (Lipinski definition) is 1. The quantitative estimate of drug-likeness (QED) is 0.532. The average molecular weight is 355 g/mol. The number of aromatic nitrogens is 1. The molecule has 0 bridgehead atoms. The Morgan fingerprint density at radius 1 is 1.13 bits per heavy atom. The van der Waals surface area contributed by atoms with Crippen LogP contribution in [0.1, 0.15) is 17.6 Å². The van der Waals surface area contributed by atoms with Crippen LogP contribution in [-0.4, -0.2) is 4.98 Å². The molecule has 0 aliphatic heterocycles. The van der Waals surface area contributed by atoms with Gasteiger partial charge in [0.1, 0.15) is 9.21 Å². The fraction of sp³-hybridized carbons (Fsp3) is 0.286. The lowest BCUT2D eigenvalue weighted by molar-refractivity contribution is -0.138. The summed E-state index contributed by atoms with van der Waals surface area (Å²) in [5.41, 5.74) is -2.01. The van der Waals surface area contributed by atoms with E-state index in [1.807, 2.05) is 0 Å². The summed E-state index contributed by atoms with van der Waals surface area (Å²) in [6.07, 6.45) is -7.73. The lowest BCUT2D eigenvalue weighted by atomic mass is 10.2. The molecule has 0 aromatic carbocycles. The van der Waals surface area contributed by atoms with Gasteiger partial charge >= 0.3 is 6.18 Å². The van der Waals surface area contributed by atoms with Crippen molar-refractivity contribution >= 4 is 31.9 Å². The minimum absolute atomic E-state index is 0.308. The second-order valence-corrected chi connectivity index (χ2v) is 4.01. The molecular weight excluding hydrogens is 353 g/mol. The van der Waals surface area contributed by atoms with E-state index >= 15 is 0 Å². The molecule has 0 aliphatic rings. The van der Waals surface area contributed by atoms with Gasteiger partial charge in [0.05, 0.1) is 11.1 Å². The summed E-state index contributed by atoms with van der Waals surface area (Å²) >= 11 is 5.22. The van der Waals surface area contributed by atoms with Crippen molar-refractivity contribution < 1.29 is 22.0 Å². The Balaban J connectivity index is 3.37. The monoisotopic (exact) mass is 353 g/mol. The molecule has 0 atom stereocenters. The van der Waals surface area contributed by atoms with Gasteiger partial charge in [-0.1, -0.05) is 0 Å². The molecule has 0 fully saturated rings. The molecule has 0 saturated heterocycles. The second kappa shape index (κ2) is 4.32. The van der Waals surface area contributed by atoms with Gasteiger partial charge in [-0.3, -0.25) is 0 Å². The summed E-state index contributed by atoms with van der Waals surface area (Å²) in [6.45, 7) is 0. The maximum absolute atomic E-state index is 12.3. The first-order valence-electron chi connectivity index (χ1n) is 3.44. The van der Waals surface area contributed by atoms with Gasteiger partial charge in [0.2, 0.25) is 0 Å². The Morgan fingerprint density at radius 2 is 1.67 bits per heavy atom. The van der Waals surface area contributed by atoms with Crippen molar-refractivity contribution in [1.82, 2.24) is 4.98 Å². The topological polar surface area (TPSA) is 12.9 Å². The lowest BCUT2D eigenvalue weighted by Crippen LogP contribution is -2.09. The highest BCUT2D eigenvalue weighted by Crippen LogP contribution is 2.38. The molecule has 84 valence electrons. The third-order valence-corrected chi connectivity index (χ3v) is 2.74. The summed E-state index contributed by atoms with van der Waals surface area (Å²) in [5.74, 6) is 0. The second-order valence-electron chi connectivity index (χ2n) is 2.51. The van der Waals surface area contributed by atoms with Crippen LogP contribution in [0.15, 0.2) is 15.3 Å². The molecule has 0 spiro atoms. The molecule has 1 heterocycles. The molecule has 0 saturated carbocycles. The van der Waals surface area contributed by atoms with E-state index in [1.165, 1.54) is 0 Å². The molecule has 8 heteroatoms. The van der Waals surface area contributed by atoms with Crippen molar-refractivity contribution in [3.8, 4) is 0 Å². The normalized spacial score (nSPS) is 12.3. The number of alkyl halides is 5. The van der Waals surface area contributed by atoms with E-state index in [4.69, 9.17) is 0 Å². The van der Waals surface area contributed by atoms with Crippen LogP contribution in [-0.2, 0) is 6.18 Å². The van der Waals surface area contributed by atoms with Crippen molar-refractivity contribution in [2.45, 2.75) is 12.6 Å². The van der Waals surface area contributed by atoms with Crippen LogP contribution in [0.25, 0.3) is 0 Å². The zero-order valence-electron chi connectivity index (χ0n) is 6.75. The van der Waals surface area contributed by atoms with Crippen molar-refractivity contribution in [3.05, 3.63) is 26.4 Å². The molecule has 0 amide bonds. The standard InChI is InChI=1S/C7H2Br2F5N/c8-4-2(6(10)11)1-3(5(9)15-4)7(12,13)14/h1,6H. The fourth-order valence-corrected chi connectivity index (χ4v) is 2.06. The van der Waals surface area contributed by atoms with Crippen LogP contribution >= 0.6 is 31.9 Å². The van der Waals surface area contributed by atoms with Gasteiger partial charge in [0.15, 0.2) is 0 Å². The maximum Gasteiger partial charge on any atom is 0.419 e. The van der Waals surface area contributed by atoms with Gasteiger partial charge in [0.25, 0.3) is 6.43 Å². The third-order valence-electron chi connectivity index (χ3n) is 1.50. The Kier molecular flexibility index (Phi) is 3.70. The fourth-order valence-electron chi connectivity index (χ4n) is 0.837. The van der Waals surface area contributed by atoms with Crippen molar-refractivity contribution in [2.24, 2.45) is 0 Å². The SMILES string of the molecule is FC(F)c1cc(C(F)(F)F)c(Br)nc1Br. The first-order chi connectivity index (χ1) is 6.73. The van der Waals surface area contributed by atoms with Gasteiger partial charge in [-0.2, -0.15) is 13.2 Å². The zero-order chi connectivity index (χ0) is 11.8. The van der Waals surface area contributed by atoms with Crippen LogP contribution < -0.4 is 0 Å². The molecule has 0 N–H and O–H groups in total. The highest BCUT2D eigenvalue weighted by Gasteiger charge is 2.35. The molecule has 0 aliphatic carbocycles. The largest absolute Gasteiger partial charge is 0.419 e. The Hall–Kier alpha value is -0.240. The first kappa shape index (κ1) is 12.8. The highest BCUT2D eigenvalue weighted by molar-refractivity contribution is 9.11. The molecule has 1 rings (SSSR count). The summed E-state index contributed by atoms with van der Waals surface area (Å²) in [7, 11) is 0. The molecule has 0 radical (unpaired) electrons. The number of nitrogens with zero attached hydrogens (tertiary/aromatic N) is 1. The van der Waals surface area contributed by atoms with Crippen molar-refractivity contribution in [2.75, 3.05) is 0 Å². The maximum atomic E-state index is 12.3. The van der Waals surface area contributed by atoms with Crippen LogP contribution in [0.2, 0.25) is 0 Å².